The van der Waals surface area contributed by atoms with Gasteiger partial charge in [0.2, 0.25) is 11.8 Å². The van der Waals surface area contributed by atoms with Crippen molar-refractivity contribution in [3.05, 3.63) is 33.8 Å². The molecule has 0 spiro atoms. The number of hydrogen-bond acceptors (Lipinski definition) is 5. The van der Waals surface area contributed by atoms with E-state index in [2.05, 4.69) is 43.2 Å². The van der Waals surface area contributed by atoms with Crippen molar-refractivity contribution < 1.29 is 18.9 Å². The fourth-order valence-electron chi connectivity index (χ4n) is 6.00. The molecule has 1 aromatic carbocycles. The van der Waals surface area contributed by atoms with Crippen molar-refractivity contribution in [2.45, 2.75) is 116 Å². The maximum absolute atomic E-state index is 14.1. The lowest BCUT2D eigenvalue weighted by molar-refractivity contribution is -0.140. The van der Waals surface area contributed by atoms with Crippen molar-refractivity contribution in [3.8, 4) is 0 Å². The lowest BCUT2D eigenvalue weighted by Crippen LogP contribution is -2.68. The van der Waals surface area contributed by atoms with E-state index >= 15 is 0 Å². The number of nitrogens with one attached hydrogen (secondary N) is 2. The Hall–Kier alpha value is -1.32. The number of benzene rings is 1. The number of rotatable bonds is 9. The molecule has 2 aliphatic rings. The Labute approximate surface area is 251 Å². The normalized spacial score (nSPS) is 26.1. The van der Waals surface area contributed by atoms with Crippen molar-refractivity contribution in [3.63, 3.8) is 0 Å². The van der Waals surface area contributed by atoms with Crippen molar-refractivity contribution in [1.29, 1.82) is 0 Å². The van der Waals surface area contributed by atoms with Crippen LogP contribution in [-0.2, 0) is 25.4 Å². The minimum absolute atomic E-state index is 0.0698. The summed E-state index contributed by atoms with van der Waals surface area (Å²) in [5.74, 6) is -0.149. The zero-order valence-electron chi connectivity index (χ0n) is 25.7. The molecule has 1 aliphatic carbocycles. The molecular formula is C30H48BCl2N3O4. The monoisotopic (exact) mass is 595 g/mol. The molecular weight excluding hydrogens is 548 g/mol. The first-order chi connectivity index (χ1) is 18.3. The Kier molecular flexibility index (Phi) is 10.4. The van der Waals surface area contributed by atoms with E-state index in [-0.39, 0.29) is 42.0 Å². The zero-order valence-corrected chi connectivity index (χ0v) is 27.3. The van der Waals surface area contributed by atoms with Gasteiger partial charge in [0.25, 0.3) is 0 Å². The summed E-state index contributed by atoms with van der Waals surface area (Å²) in [5.41, 5.74) is -1.17. The van der Waals surface area contributed by atoms with Crippen LogP contribution in [0.2, 0.25) is 16.4 Å². The van der Waals surface area contributed by atoms with Gasteiger partial charge in [-0.2, -0.15) is 0 Å². The Balaban J connectivity index is 1.81. The quantitative estimate of drug-likeness (QED) is 0.337. The molecule has 2 N–H and O–H groups in total. The third-order valence-electron chi connectivity index (χ3n) is 8.60. The summed E-state index contributed by atoms with van der Waals surface area (Å²) < 4.78 is 12.5. The van der Waals surface area contributed by atoms with Crippen LogP contribution >= 0.6 is 23.2 Å². The van der Waals surface area contributed by atoms with Crippen molar-refractivity contribution in [1.82, 2.24) is 15.5 Å². The summed E-state index contributed by atoms with van der Waals surface area (Å²) in [4.78, 5) is 28.9. The predicted molar refractivity (Wildman–Crippen MR) is 164 cm³/mol. The minimum Gasteiger partial charge on any atom is -0.403 e. The zero-order chi connectivity index (χ0) is 30.1. The van der Waals surface area contributed by atoms with Crippen LogP contribution in [0.3, 0.4) is 0 Å². The number of nitrogens with zero attached hydrogens (tertiary/aromatic N) is 1. The third-order valence-corrected chi connectivity index (χ3v) is 9.34. The van der Waals surface area contributed by atoms with Crippen LogP contribution in [0, 0.1) is 11.8 Å². The van der Waals surface area contributed by atoms with Crippen molar-refractivity contribution in [2.75, 3.05) is 13.6 Å². The highest BCUT2D eigenvalue weighted by Crippen LogP contribution is 2.43. The number of amides is 2. The van der Waals surface area contributed by atoms with E-state index in [1.54, 1.807) is 6.07 Å². The van der Waals surface area contributed by atoms with Crippen LogP contribution in [0.15, 0.2) is 18.2 Å². The molecule has 1 saturated carbocycles. The van der Waals surface area contributed by atoms with Gasteiger partial charge in [-0.25, -0.2) is 0 Å². The topological polar surface area (TPSA) is 79.9 Å². The molecule has 2 fully saturated rings. The Morgan fingerprint density at radius 3 is 2.25 bits per heavy atom. The molecule has 1 heterocycles. The summed E-state index contributed by atoms with van der Waals surface area (Å²) in [6.45, 7) is 16.9. The molecule has 1 aromatic rings. The fourth-order valence-corrected chi connectivity index (χ4v) is 6.32. The third kappa shape index (κ3) is 8.16. The van der Waals surface area contributed by atoms with E-state index in [4.69, 9.17) is 32.5 Å². The largest absolute Gasteiger partial charge is 0.457 e. The lowest BCUT2D eigenvalue weighted by Gasteiger charge is -2.48. The average Bonchev–Trinajstić information content (AvgIpc) is 3.00. The molecule has 3 unspecified atom stereocenters. The SMILES string of the molecule is CC(=O)NC1(C(=O)NC(C)(C)C)CC(CCB2OC(C)(C)C(C)(C)O2)CCC1CN(C)Cc1ccc(Cl)c(Cl)c1. The van der Waals surface area contributed by atoms with Gasteiger partial charge in [-0.1, -0.05) is 35.7 Å². The number of hydrogen-bond donors (Lipinski definition) is 2. The van der Waals surface area contributed by atoms with Gasteiger partial charge in [0.1, 0.15) is 5.54 Å². The molecule has 224 valence electrons. The molecule has 3 atom stereocenters. The first-order valence-electron chi connectivity index (χ1n) is 14.4. The molecule has 3 rings (SSSR count). The lowest BCUT2D eigenvalue weighted by atomic mass is 9.64. The smallest absolute Gasteiger partial charge is 0.403 e. The average molecular weight is 596 g/mol. The highest BCUT2D eigenvalue weighted by atomic mass is 35.5. The summed E-state index contributed by atoms with van der Waals surface area (Å²) in [5, 5.41) is 7.39. The van der Waals surface area contributed by atoms with E-state index < -0.39 is 11.1 Å². The maximum Gasteiger partial charge on any atom is 0.457 e. The Morgan fingerprint density at radius 1 is 1.07 bits per heavy atom. The summed E-state index contributed by atoms with van der Waals surface area (Å²) in [6, 6.07) is 5.64. The molecule has 1 saturated heterocycles. The van der Waals surface area contributed by atoms with E-state index in [0.29, 0.717) is 29.6 Å². The predicted octanol–water partition coefficient (Wildman–Crippen LogP) is 6.11. The molecule has 0 aromatic heterocycles. The highest BCUT2D eigenvalue weighted by molar-refractivity contribution is 6.45. The van der Waals surface area contributed by atoms with Crippen LogP contribution in [0.25, 0.3) is 0 Å². The van der Waals surface area contributed by atoms with E-state index in [1.165, 1.54) is 6.92 Å². The number of halogens is 2. The van der Waals surface area contributed by atoms with Crippen LogP contribution in [-0.4, -0.2) is 59.7 Å². The second-order valence-corrected chi connectivity index (χ2v) is 14.7. The van der Waals surface area contributed by atoms with Gasteiger partial charge in [0, 0.05) is 31.5 Å². The Bertz CT molecular complexity index is 1060. The summed E-state index contributed by atoms with van der Waals surface area (Å²) in [6.07, 6.45) is 3.95. The second-order valence-electron chi connectivity index (χ2n) is 13.9. The van der Waals surface area contributed by atoms with Crippen LogP contribution in [0.1, 0.15) is 86.6 Å². The Morgan fingerprint density at radius 2 is 1.70 bits per heavy atom. The highest BCUT2D eigenvalue weighted by Gasteiger charge is 2.53. The second kappa shape index (κ2) is 12.5. The van der Waals surface area contributed by atoms with Gasteiger partial charge in [0.15, 0.2) is 0 Å². The van der Waals surface area contributed by atoms with E-state index in [9.17, 15) is 9.59 Å². The van der Waals surface area contributed by atoms with Gasteiger partial charge in [0.05, 0.1) is 21.2 Å². The van der Waals surface area contributed by atoms with E-state index in [1.807, 2.05) is 40.0 Å². The van der Waals surface area contributed by atoms with Gasteiger partial charge in [-0.05, 0) is 105 Å². The molecule has 40 heavy (non-hydrogen) atoms. The first kappa shape index (κ1) is 33.2. The summed E-state index contributed by atoms with van der Waals surface area (Å²) >= 11 is 12.4. The van der Waals surface area contributed by atoms with Crippen molar-refractivity contribution >= 4 is 42.1 Å². The summed E-state index contributed by atoms with van der Waals surface area (Å²) in [7, 11) is 1.76. The van der Waals surface area contributed by atoms with Crippen LogP contribution in [0.4, 0.5) is 0 Å². The fraction of sp³-hybridized carbons (Fsp3) is 0.733. The number of carbonyl (C=O) groups is 2. The van der Waals surface area contributed by atoms with Gasteiger partial charge >= 0.3 is 7.12 Å². The molecule has 0 radical (unpaired) electrons. The minimum atomic E-state index is -1.02. The number of carbonyl (C=O) groups excluding carboxylic acids is 2. The van der Waals surface area contributed by atoms with Crippen molar-refractivity contribution in [2.24, 2.45) is 11.8 Å². The van der Waals surface area contributed by atoms with Gasteiger partial charge < -0.3 is 24.8 Å². The molecule has 0 bridgehead atoms. The van der Waals surface area contributed by atoms with Crippen LogP contribution < -0.4 is 10.6 Å². The van der Waals surface area contributed by atoms with Gasteiger partial charge in [-0.15, -0.1) is 0 Å². The van der Waals surface area contributed by atoms with Crippen LogP contribution in [0.5, 0.6) is 0 Å². The van der Waals surface area contributed by atoms with E-state index in [0.717, 1.165) is 31.1 Å². The first-order valence-corrected chi connectivity index (χ1v) is 15.2. The molecule has 1 aliphatic heterocycles. The molecule has 7 nitrogen and oxygen atoms in total. The standard InChI is InChI=1S/C30H48BCl2N3O4/c1-20(37)34-30(26(38)35-27(2,3)4)17-21(14-15-31-39-28(5,6)29(7,8)40-31)10-12-23(30)19-36(9)18-22-11-13-24(32)25(33)16-22/h11,13,16,21,23H,10,12,14-15,17-19H2,1-9H3,(H,34,37)(H,35,38). The molecule has 2 amide bonds. The maximum atomic E-state index is 14.1. The molecule has 10 heteroatoms. The van der Waals surface area contributed by atoms with Gasteiger partial charge in [-0.3, -0.25) is 9.59 Å².